The van der Waals surface area contributed by atoms with Crippen molar-refractivity contribution in [3.05, 3.63) is 17.5 Å². The quantitative estimate of drug-likeness (QED) is 0.608. The zero-order valence-corrected chi connectivity index (χ0v) is 6.01. The first-order chi connectivity index (χ1) is 4.29. The van der Waals surface area contributed by atoms with Gasteiger partial charge < -0.3 is 0 Å². The van der Waals surface area contributed by atoms with E-state index in [-0.39, 0.29) is 0 Å². The van der Waals surface area contributed by atoms with Crippen molar-refractivity contribution in [3.63, 3.8) is 0 Å². The van der Waals surface area contributed by atoms with Crippen LogP contribution in [0.1, 0.15) is 0 Å². The standard InChI is InChI=1S/C5H4F2S2/c6-5(7)9-4-2-1-3-8-4/h1-3,5H. The van der Waals surface area contributed by atoms with Crippen LogP contribution in [0, 0.1) is 0 Å². The molecule has 1 rings (SSSR count). The molecule has 0 aliphatic rings. The minimum atomic E-state index is -2.29. The Balaban J connectivity index is 2.48. The van der Waals surface area contributed by atoms with Crippen LogP contribution >= 0.6 is 23.1 Å². The summed E-state index contributed by atoms with van der Waals surface area (Å²) in [6, 6.07) is 3.44. The molecule has 1 aromatic rings. The van der Waals surface area contributed by atoms with Gasteiger partial charge in [-0.1, -0.05) is 6.07 Å². The van der Waals surface area contributed by atoms with Crippen molar-refractivity contribution in [2.24, 2.45) is 0 Å². The van der Waals surface area contributed by atoms with Crippen LogP contribution in [0.4, 0.5) is 8.78 Å². The molecule has 0 saturated heterocycles. The highest BCUT2D eigenvalue weighted by molar-refractivity contribution is 8.01. The van der Waals surface area contributed by atoms with Gasteiger partial charge in [-0.15, -0.1) is 11.3 Å². The van der Waals surface area contributed by atoms with Crippen molar-refractivity contribution in [3.8, 4) is 0 Å². The summed E-state index contributed by atoms with van der Waals surface area (Å²) in [7, 11) is 0. The Labute approximate surface area is 59.9 Å². The summed E-state index contributed by atoms with van der Waals surface area (Å²) in [5, 5.41) is 1.78. The maximum atomic E-state index is 11.6. The summed E-state index contributed by atoms with van der Waals surface area (Å²) in [4.78, 5) is 0. The fourth-order valence-corrected chi connectivity index (χ4v) is 1.81. The number of rotatable bonds is 2. The van der Waals surface area contributed by atoms with E-state index in [1.54, 1.807) is 17.5 Å². The molecule has 9 heavy (non-hydrogen) atoms. The normalized spacial score (nSPS) is 10.6. The van der Waals surface area contributed by atoms with Crippen LogP contribution in [0.5, 0.6) is 0 Å². The third-order valence-corrected chi connectivity index (χ3v) is 2.49. The lowest BCUT2D eigenvalue weighted by molar-refractivity contribution is 0.252. The number of halogens is 2. The molecule has 0 aliphatic heterocycles. The third-order valence-electron chi connectivity index (χ3n) is 0.700. The van der Waals surface area contributed by atoms with Crippen LogP contribution in [0.3, 0.4) is 0 Å². The van der Waals surface area contributed by atoms with Crippen LogP contribution in [0.2, 0.25) is 0 Å². The molecule has 50 valence electrons. The topological polar surface area (TPSA) is 0 Å². The van der Waals surface area contributed by atoms with Gasteiger partial charge in [-0.3, -0.25) is 0 Å². The van der Waals surface area contributed by atoms with Crippen LogP contribution in [0.15, 0.2) is 21.7 Å². The number of hydrogen-bond acceptors (Lipinski definition) is 2. The number of alkyl halides is 2. The van der Waals surface area contributed by atoms with Crippen molar-refractivity contribution in [2.75, 3.05) is 0 Å². The summed E-state index contributed by atoms with van der Waals surface area (Å²) < 4.78 is 23.8. The molecule has 0 fully saturated rings. The van der Waals surface area contributed by atoms with E-state index in [4.69, 9.17) is 0 Å². The fourth-order valence-electron chi connectivity index (χ4n) is 0.418. The van der Waals surface area contributed by atoms with Crippen molar-refractivity contribution >= 4 is 23.1 Å². The average molecular weight is 166 g/mol. The van der Waals surface area contributed by atoms with Gasteiger partial charge in [0, 0.05) is 0 Å². The highest BCUT2D eigenvalue weighted by Crippen LogP contribution is 2.28. The lowest BCUT2D eigenvalue weighted by Crippen LogP contribution is -1.75. The molecular weight excluding hydrogens is 162 g/mol. The molecule has 0 aliphatic carbocycles. The van der Waals surface area contributed by atoms with Gasteiger partial charge >= 0.3 is 0 Å². The Morgan fingerprint density at radius 2 is 2.33 bits per heavy atom. The summed E-state index contributed by atoms with van der Waals surface area (Å²) in [6.07, 6.45) is 0. The molecule has 0 atom stereocenters. The predicted molar refractivity (Wildman–Crippen MR) is 36.2 cm³/mol. The molecule has 0 aromatic carbocycles. The van der Waals surface area contributed by atoms with Gasteiger partial charge in [0.05, 0.1) is 4.21 Å². The first kappa shape index (κ1) is 7.02. The van der Waals surface area contributed by atoms with Crippen LogP contribution in [0.25, 0.3) is 0 Å². The van der Waals surface area contributed by atoms with Crippen molar-refractivity contribution in [1.29, 1.82) is 0 Å². The summed E-state index contributed by atoms with van der Waals surface area (Å²) in [5.41, 5.74) is 0. The van der Waals surface area contributed by atoms with Crippen molar-refractivity contribution < 1.29 is 8.78 Å². The number of thioether (sulfide) groups is 1. The van der Waals surface area contributed by atoms with Crippen molar-refractivity contribution in [1.82, 2.24) is 0 Å². The molecule has 4 heteroatoms. The smallest absolute Gasteiger partial charge is 0.198 e. The summed E-state index contributed by atoms with van der Waals surface area (Å²) in [5.74, 6) is -2.29. The molecule has 0 N–H and O–H groups in total. The monoisotopic (exact) mass is 166 g/mol. The second-order valence-electron chi connectivity index (χ2n) is 1.31. The molecule has 0 bridgehead atoms. The van der Waals surface area contributed by atoms with E-state index in [0.29, 0.717) is 16.0 Å². The Morgan fingerprint density at radius 3 is 2.78 bits per heavy atom. The van der Waals surface area contributed by atoms with E-state index in [9.17, 15) is 8.78 Å². The minimum absolute atomic E-state index is 0.590. The molecule has 0 saturated carbocycles. The zero-order valence-electron chi connectivity index (χ0n) is 4.38. The van der Waals surface area contributed by atoms with Crippen LogP contribution < -0.4 is 0 Å². The zero-order chi connectivity index (χ0) is 6.69. The Bertz CT molecular complexity index is 159. The van der Waals surface area contributed by atoms with E-state index < -0.39 is 5.76 Å². The van der Waals surface area contributed by atoms with E-state index in [0.717, 1.165) is 0 Å². The highest BCUT2D eigenvalue weighted by atomic mass is 32.2. The van der Waals surface area contributed by atoms with Gasteiger partial charge in [0.1, 0.15) is 0 Å². The molecule has 1 aromatic heterocycles. The lowest BCUT2D eigenvalue weighted by Gasteiger charge is -1.91. The number of hydrogen-bond donors (Lipinski definition) is 0. The lowest BCUT2D eigenvalue weighted by atomic mass is 10.7. The van der Waals surface area contributed by atoms with Gasteiger partial charge in [-0.25, -0.2) is 0 Å². The minimum Gasteiger partial charge on any atom is -0.198 e. The largest absolute Gasteiger partial charge is 0.289 e. The third kappa shape index (κ3) is 2.32. The van der Waals surface area contributed by atoms with Gasteiger partial charge in [0.2, 0.25) is 0 Å². The number of thiophene rings is 1. The van der Waals surface area contributed by atoms with E-state index in [1.165, 1.54) is 11.3 Å². The molecule has 0 spiro atoms. The molecule has 0 nitrogen and oxygen atoms in total. The van der Waals surface area contributed by atoms with Gasteiger partial charge in [0.25, 0.3) is 5.76 Å². The maximum Gasteiger partial charge on any atom is 0.289 e. The first-order valence-electron chi connectivity index (χ1n) is 2.27. The van der Waals surface area contributed by atoms with E-state index in [1.807, 2.05) is 0 Å². The fraction of sp³-hybridized carbons (Fsp3) is 0.200. The summed E-state index contributed by atoms with van der Waals surface area (Å²) in [6.45, 7) is 0. The highest BCUT2D eigenvalue weighted by Gasteiger charge is 2.04. The van der Waals surface area contributed by atoms with E-state index in [2.05, 4.69) is 0 Å². The molecular formula is C5H4F2S2. The van der Waals surface area contributed by atoms with Gasteiger partial charge in [-0.2, -0.15) is 8.78 Å². The van der Waals surface area contributed by atoms with E-state index >= 15 is 0 Å². The summed E-state index contributed by atoms with van der Waals surface area (Å²) >= 11 is 1.92. The van der Waals surface area contributed by atoms with Crippen LogP contribution in [-0.4, -0.2) is 5.76 Å². The molecule has 1 heterocycles. The molecule has 0 unspecified atom stereocenters. The second kappa shape index (κ2) is 3.17. The Morgan fingerprint density at radius 1 is 1.56 bits per heavy atom. The maximum absolute atomic E-state index is 11.6. The van der Waals surface area contributed by atoms with Gasteiger partial charge in [0.15, 0.2) is 0 Å². The van der Waals surface area contributed by atoms with Crippen LogP contribution in [-0.2, 0) is 0 Å². The second-order valence-corrected chi connectivity index (χ2v) is 3.55. The van der Waals surface area contributed by atoms with Gasteiger partial charge in [-0.05, 0) is 23.2 Å². The molecule has 0 amide bonds. The average Bonchev–Trinajstić information content (AvgIpc) is 2.15. The first-order valence-corrected chi connectivity index (χ1v) is 4.03. The molecule has 0 radical (unpaired) electrons. The predicted octanol–water partition coefficient (Wildman–Crippen LogP) is 3.06. The van der Waals surface area contributed by atoms with Crippen molar-refractivity contribution in [2.45, 2.75) is 9.97 Å². The SMILES string of the molecule is FC(F)Sc1cccs1. The Kier molecular flexibility index (Phi) is 2.48. The Hall–Kier alpha value is -0.0900.